The van der Waals surface area contributed by atoms with E-state index in [0.29, 0.717) is 0 Å². The number of rotatable bonds is 5. The van der Waals surface area contributed by atoms with Crippen molar-refractivity contribution in [2.45, 2.75) is 0 Å². The number of hydrogen-bond acceptors (Lipinski definition) is 4. The van der Waals surface area contributed by atoms with Crippen LogP contribution >= 0.6 is 22.7 Å². The Labute approximate surface area is 193 Å². The maximum Gasteiger partial charge on any atom is 0.138 e. The Balaban J connectivity index is 1.68. The van der Waals surface area contributed by atoms with Gasteiger partial charge < -0.3 is 9.47 Å². The van der Waals surface area contributed by atoms with Crippen LogP contribution in [0.15, 0.2) is 106 Å². The first kappa shape index (κ1) is 19.1. The molecule has 0 N–H and O–H groups in total. The fraction of sp³-hybridized carbons (Fsp3) is 0. The molecule has 0 saturated heterocycles. The van der Waals surface area contributed by atoms with Crippen molar-refractivity contribution in [2.24, 2.45) is 0 Å². The topological polar surface area (TPSA) is 18.5 Å². The van der Waals surface area contributed by atoms with Crippen LogP contribution in [0.4, 0.5) is 0 Å². The van der Waals surface area contributed by atoms with E-state index in [0.717, 1.165) is 55.7 Å². The molecule has 0 saturated carbocycles. The third-order valence-electron chi connectivity index (χ3n) is 5.48. The molecule has 6 rings (SSSR count). The van der Waals surface area contributed by atoms with Crippen molar-refractivity contribution in [2.75, 3.05) is 0 Å². The summed E-state index contributed by atoms with van der Waals surface area (Å²) in [5.41, 5.74) is 2.08. The second kappa shape index (κ2) is 8.15. The third-order valence-corrected chi connectivity index (χ3v) is 6.80. The minimum Gasteiger partial charge on any atom is -0.456 e. The Kier molecular flexibility index (Phi) is 4.87. The molecule has 0 aliphatic rings. The van der Waals surface area contributed by atoms with E-state index in [-0.39, 0.29) is 0 Å². The van der Waals surface area contributed by atoms with Crippen LogP contribution in [0, 0.1) is 0 Å². The maximum absolute atomic E-state index is 6.41. The zero-order chi connectivity index (χ0) is 21.3. The molecule has 0 aliphatic carbocycles. The van der Waals surface area contributed by atoms with Gasteiger partial charge in [0.25, 0.3) is 0 Å². The average Bonchev–Trinajstić information content (AvgIpc) is 3.54. The number of thiophene rings is 2. The van der Waals surface area contributed by atoms with Crippen molar-refractivity contribution in [3.8, 4) is 34.1 Å². The lowest BCUT2D eigenvalue weighted by atomic mass is 9.92. The Hall–Kier alpha value is -3.60. The Morgan fingerprint density at radius 3 is 1.38 bits per heavy atom. The van der Waals surface area contributed by atoms with Gasteiger partial charge in [-0.3, -0.25) is 0 Å². The fourth-order valence-electron chi connectivity index (χ4n) is 4.06. The Morgan fingerprint density at radius 2 is 0.938 bits per heavy atom. The van der Waals surface area contributed by atoms with Gasteiger partial charge in [-0.15, -0.1) is 22.7 Å². The largest absolute Gasteiger partial charge is 0.456 e. The van der Waals surface area contributed by atoms with Gasteiger partial charge in [0.1, 0.15) is 23.0 Å². The van der Waals surface area contributed by atoms with Crippen molar-refractivity contribution in [3.63, 3.8) is 0 Å². The lowest BCUT2D eigenvalue weighted by molar-refractivity contribution is 0.480. The molecule has 2 aromatic heterocycles. The van der Waals surface area contributed by atoms with E-state index in [2.05, 4.69) is 72.8 Å². The van der Waals surface area contributed by atoms with Gasteiger partial charge in [-0.05, 0) is 56.6 Å². The number of ether oxygens (including phenoxy) is 2. The summed E-state index contributed by atoms with van der Waals surface area (Å²) in [6.07, 6.45) is 0. The van der Waals surface area contributed by atoms with Gasteiger partial charge in [0, 0.05) is 21.9 Å². The summed E-state index contributed by atoms with van der Waals surface area (Å²) < 4.78 is 12.8. The third kappa shape index (κ3) is 3.44. The molecule has 0 amide bonds. The quantitative estimate of drug-likeness (QED) is 0.260. The zero-order valence-corrected chi connectivity index (χ0v) is 18.7. The standard InChI is InChI=1S/C28H18O2S2/c1-3-7-23-19(5-1)9-11-25(29-21-13-15-31-17-21)27(23)28-24-8-4-2-6-20(24)10-12-26(28)30-22-14-16-32-18-22/h1-18H. The molecule has 0 spiro atoms. The second-order valence-electron chi connectivity index (χ2n) is 7.44. The van der Waals surface area contributed by atoms with Gasteiger partial charge in [0.15, 0.2) is 0 Å². The molecular weight excluding hydrogens is 432 g/mol. The van der Waals surface area contributed by atoms with Crippen LogP contribution in [0.2, 0.25) is 0 Å². The van der Waals surface area contributed by atoms with Crippen LogP contribution in [0.3, 0.4) is 0 Å². The average molecular weight is 451 g/mol. The van der Waals surface area contributed by atoms with Gasteiger partial charge in [0.2, 0.25) is 0 Å². The number of hydrogen-bond donors (Lipinski definition) is 0. The summed E-state index contributed by atoms with van der Waals surface area (Å²) in [6, 6.07) is 29.2. The van der Waals surface area contributed by atoms with E-state index in [1.807, 2.05) is 33.7 Å². The first-order valence-corrected chi connectivity index (χ1v) is 12.2. The normalized spacial score (nSPS) is 11.1. The molecule has 4 aromatic carbocycles. The first-order valence-electron chi connectivity index (χ1n) is 10.3. The smallest absolute Gasteiger partial charge is 0.138 e. The molecule has 6 aromatic rings. The molecule has 0 fully saturated rings. The van der Waals surface area contributed by atoms with Crippen molar-refractivity contribution in [1.29, 1.82) is 0 Å². The molecule has 4 heteroatoms. The van der Waals surface area contributed by atoms with Crippen molar-refractivity contribution >= 4 is 44.2 Å². The summed E-state index contributed by atoms with van der Waals surface area (Å²) in [4.78, 5) is 0. The summed E-state index contributed by atoms with van der Waals surface area (Å²) in [7, 11) is 0. The van der Waals surface area contributed by atoms with E-state index in [4.69, 9.17) is 9.47 Å². The fourth-order valence-corrected chi connectivity index (χ4v) is 5.17. The first-order chi connectivity index (χ1) is 15.9. The van der Waals surface area contributed by atoms with E-state index >= 15 is 0 Å². The highest BCUT2D eigenvalue weighted by molar-refractivity contribution is 7.08. The van der Waals surface area contributed by atoms with Crippen LogP contribution in [-0.2, 0) is 0 Å². The van der Waals surface area contributed by atoms with Crippen LogP contribution in [0.1, 0.15) is 0 Å². The summed E-state index contributed by atoms with van der Waals surface area (Å²) >= 11 is 3.25. The predicted octanol–water partition coefficient (Wildman–Crippen LogP) is 9.37. The minimum atomic E-state index is 0.814. The Morgan fingerprint density at radius 1 is 0.469 bits per heavy atom. The summed E-state index contributed by atoms with van der Waals surface area (Å²) in [6.45, 7) is 0. The predicted molar refractivity (Wildman–Crippen MR) is 136 cm³/mol. The van der Waals surface area contributed by atoms with Gasteiger partial charge in [-0.2, -0.15) is 0 Å². The molecule has 32 heavy (non-hydrogen) atoms. The summed E-state index contributed by atoms with van der Waals surface area (Å²) in [5.74, 6) is 3.31. The van der Waals surface area contributed by atoms with Crippen molar-refractivity contribution in [3.05, 3.63) is 106 Å². The van der Waals surface area contributed by atoms with Gasteiger partial charge in [0.05, 0.1) is 0 Å². The van der Waals surface area contributed by atoms with Crippen LogP contribution < -0.4 is 9.47 Å². The minimum absolute atomic E-state index is 0.814. The highest BCUT2D eigenvalue weighted by atomic mass is 32.1. The number of benzene rings is 4. The molecule has 0 atom stereocenters. The van der Waals surface area contributed by atoms with E-state index in [1.54, 1.807) is 22.7 Å². The van der Waals surface area contributed by atoms with E-state index < -0.39 is 0 Å². The van der Waals surface area contributed by atoms with Gasteiger partial charge in [-0.1, -0.05) is 60.7 Å². The molecule has 0 aliphatic heterocycles. The SMILES string of the molecule is c1ccc2c(-c3c(Oc4ccsc4)ccc4ccccc34)c(Oc3ccsc3)ccc2c1. The molecule has 0 bridgehead atoms. The highest BCUT2D eigenvalue weighted by Crippen LogP contribution is 2.47. The lowest BCUT2D eigenvalue weighted by Crippen LogP contribution is -1.94. The molecule has 2 heterocycles. The van der Waals surface area contributed by atoms with E-state index in [1.165, 1.54) is 0 Å². The molecular formula is C28H18O2S2. The van der Waals surface area contributed by atoms with Crippen LogP contribution in [0.5, 0.6) is 23.0 Å². The Bertz CT molecular complexity index is 1400. The molecule has 2 nitrogen and oxygen atoms in total. The number of fused-ring (bicyclic) bond motifs is 2. The molecule has 154 valence electrons. The molecule has 0 radical (unpaired) electrons. The lowest BCUT2D eigenvalue weighted by Gasteiger charge is -2.19. The van der Waals surface area contributed by atoms with Crippen LogP contribution in [-0.4, -0.2) is 0 Å². The summed E-state index contributed by atoms with van der Waals surface area (Å²) in [5, 5.41) is 12.7. The van der Waals surface area contributed by atoms with Crippen molar-refractivity contribution < 1.29 is 9.47 Å². The van der Waals surface area contributed by atoms with Crippen LogP contribution in [0.25, 0.3) is 32.7 Å². The van der Waals surface area contributed by atoms with Gasteiger partial charge in [-0.25, -0.2) is 0 Å². The van der Waals surface area contributed by atoms with Gasteiger partial charge >= 0.3 is 0 Å². The highest BCUT2D eigenvalue weighted by Gasteiger charge is 2.20. The maximum atomic E-state index is 6.41. The zero-order valence-electron chi connectivity index (χ0n) is 17.0. The van der Waals surface area contributed by atoms with Crippen molar-refractivity contribution in [1.82, 2.24) is 0 Å². The monoisotopic (exact) mass is 450 g/mol. The second-order valence-corrected chi connectivity index (χ2v) is 9.00. The van der Waals surface area contributed by atoms with E-state index in [9.17, 15) is 0 Å². The molecule has 0 unspecified atom stereocenters.